The number of hydrazone groups is 1. The van der Waals surface area contributed by atoms with Crippen molar-refractivity contribution in [3.05, 3.63) is 89.7 Å². The number of hydrogen-bond donors (Lipinski definition) is 2. The van der Waals surface area contributed by atoms with E-state index in [1.54, 1.807) is 36.7 Å². The summed E-state index contributed by atoms with van der Waals surface area (Å²) in [5.74, 6) is 0.290. The number of unbranched alkanes of at least 4 members (excludes halogenated alkanes) is 5. The number of ether oxygens (including phenoxy) is 1. The molecule has 3 rings (SSSR count). The van der Waals surface area contributed by atoms with Crippen LogP contribution >= 0.6 is 0 Å². The maximum atomic E-state index is 12.5. The second-order valence-electron chi connectivity index (χ2n) is 7.80. The third-order valence-corrected chi connectivity index (χ3v) is 5.25. The molecule has 0 aliphatic carbocycles. The number of pyridine rings is 1. The Hall–Kier alpha value is -3.67. The van der Waals surface area contributed by atoms with Crippen LogP contribution in [0.1, 0.15) is 66.9 Å². The third-order valence-electron chi connectivity index (χ3n) is 5.25. The standard InChI is InChI=1S/C27H31N3O3/c1-2-3-4-5-6-10-19-33-23-13-14-24(25(31)20-23)26(21-11-8-7-9-12-21)29-30-27(32)22-15-17-28-18-16-22/h7-9,11-18,20,31H,2-6,10,19H2,1H3,(H,30,32). The van der Waals surface area contributed by atoms with Gasteiger partial charge in [-0.1, -0.05) is 69.4 Å². The van der Waals surface area contributed by atoms with Gasteiger partial charge in [-0.25, -0.2) is 5.43 Å². The maximum Gasteiger partial charge on any atom is 0.271 e. The van der Waals surface area contributed by atoms with Crippen molar-refractivity contribution in [1.82, 2.24) is 10.4 Å². The summed E-state index contributed by atoms with van der Waals surface area (Å²) in [6, 6.07) is 17.8. The summed E-state index contributed by atoms with van der Waals surface area (Å²) < 4.78 is 5.81. The highest BCUT2D eigenvalue weighted by atomic mass is 16.5. The van der Waals surface area contributed by atoms with Crippen molar-refractivity contribution in [2.45, 2.75) is 45.4 Å². The van der Waals surface area contributed by atoms with E-state index in [4.69, 9.17) is 4.74 Å². The van der Waals surface area contributed by atoms with Crippen molar-refractivity contribution >= 4 is 11.6 Å². The number of phenols is 1. The third kappa shape index (κ3) is 7.45. The number of rotatable bonds is 12. The van der Waals surface area contributed by atoms with E-state index in [0.717, 1.165) is 18.4 Å². The largest absolute Gasteiger partial charge is 0.507 e. The molecule has 0 saturated carbocycles. The first-order chi connectivity index (χ1) is 16.2. The number of benzene rings is 2. The van der Waals surface area contributed by atoms with Crippen LogP contribution in [0.5, 0.6) is 11.5 Å². The zero-order valence-corrected chi connectivity index (χ0v) is 19.0. The van der Waals surface area contributed by atoms with E-state index in [1.165, 1.54) is 25.7 Å². The number of aromatic nitrogens is 1. The Morgan fingerprint density at radius 2 is 1.67 bits per heavy atom. The molecule has 1 amide bonds. The zero-order valence-electron chi connectivity index (χ0n) is 19.0. The van der Waals surface area contributed by atoms with Gasteiger partial charge in [-0.2, -0.15) is 5.10 Å². The maximum absolute atomic E-state index is 12.5. The fourth-order valence-corrected chi connectivity index (χ4v) is 3.42. The highest BCUT2D eigenvalue weighted by Gasteiger charge is 2.14. The number of phenolic OH excluding ortho intramolecular Hbond substituents is 1. The molecule has 0 atom stereocenters. The number of amides is 1. The van der Waals surface area contributed by atoms with Gasteiger partial charge in [0.1, 0.15) is 17.2 Å². The molecule has 0 radical (unpaired) electrons. The summed E-state index contributed by atoms with van der Waals surface area (Å²) in [4.78, 5) is 16.4. The highest BCUT2D eigenvalue weighted by Crippen LogP contribution is 2.26. The van der Waals surface area contributed by atoms with Crippen molar-refractivity contribution in [3.8, 4) is 11.5 Å². The number of nitrogens with zero attached hydrogens (tertiary/aromatic N) is 2. The summed E-state index contributed by atoms with van der Waals surface area (Å²) >= 11 is 0. The Bertz CT molecular complexity index is 1040. The van der Waals surface area contributed by atoms with Gasteiger partial charge in [-0.05, 0) is 30.7 Å². The SMILES string of the molecule is CCCCCCCCOc1ccc(C(=NNC(=O)c2ccncc2)c2ccccc2)c(O)c1. The second-order valence-corrected chi connectivity index (χ2v) is 7.80. The predicted molar refractivity (Wildman–Crippen MR) is 131 cm³/mol. The Morgan fingerprint density at radius 1 is 0.939 bits per heavy atom. The molecule has 6 heteroatoms. The minimum absolute atomic E-state index is 0.0382. The molecule has 2 N–H and O–H groups in total. The Labute approximate surface area is 195 Å². The first-order valence-corrected chi connectivity index (χ1v) is 11.5. The van der Waals surface area contributed by atoms with Gasteiger partial charge >= 0.3 is 0 Å². The van der Waals surface area contributed by atoms with E-state index < -0.39 is 0 Å². The fraction of sp³-hybridized carbons (Fsp3) is 0.296. The lowest BCUT2D eigenvalue weighted by molar-refractivity contribution is 0.0954. The molecule has 0 unspecified atom stereocenters. The van der Waals surface area contributed by atoms with E-state index >= 15 is 0 Å². The number of carbonyl (C=O) groups is 1. The lowest BCUT2D eigenvalue weighted by Crippen LogP contribution is -2.20. The van der Waals surface area contributed by atoms with Gasteiger partial charge in [0.25, 0.3) is 5.91 Å². The average Bonchev–Trinajstić information content (AvgIpc) is 2.85. The normalized spacial score (nSPS) is 11.2. The molecule has 6 nitrogen and oxygen atoms in total. The predicted octanol–water partition coefficient (Wildman–Crippen LogP) is 5.71. The fourth-order valence-electron chi connectivity index (χ4n) is 3.42. The molecule has 1 aromatic heterocycles. The summed E-state index contributed by atoms with van der Waals surface area (Å²) in [7, 11) is 0. The van der Waals surface area contributed by atoms with Crippen LogP contribution in [0.4, 0.5) is 0 Å². The minimum Gasteiger partial charge on any atom is -0.507 e. The molecule has 172 valence electrons. The van der Waals surface area contributed by atoms with Crippen molar-refractivity contribution in [1.29, 1.82) is 0 Å². The smallest absolute Gasteiger partial charge is 0.271 e. The summed E-state index contributed by atoms with van der Waals surface area (Å²) in [5.41, 5.74) is 4.75. The summed E-state index contributed by atoms with van der Waals surface area (Å²) in [6.45, 7) is 2.83. The van der Waals surface area contributed by atoms with Gasteiger partial charge < -0.3 is 9.84 Å². The van der Waals surface area contributed by atoms with E-state index in [9.17, 15) is 9.90 Å². The van der Waals surface area contributed by atoms with Crippen molar-refractivity contribution < 1.29 is 14.6 Å². The lowest BCUT2D eigenvalue weighted by atomic mass is 10.0. The number of nitrogens with one attached hydrogen (secondary N) is 1. The van der Waals surface area contributed by atoms with Crippen molar-refractivity contribution in [2.24, 2.45) is 5.10 Å². The first kappa shape index (κ1) is 24.0. The van der Waals surface area contributed by atoms with E-state index in [2.05, 4.69) is 22.4 Å². The van der Waals surface area contributed by atoms with Gasteiger partial charge in [-0.15, -0.1) is 0 Å². The first-order valence-electron chi connectivity index (χ1n) is 11.5. The number of aromatic hydroxyl groups is 1. The molecule has 0 fully saturated rings. The molecule has 2 aromatic carbocycles. The Kier molecular flexibility index (Phi) is 9.45. The van der Waals surface area contributed by atoms with Gasteiger partial charge in [0.05, 0.1) is 6.61 Å². The minimum atomic E-state index is -0.357. The molecule has 0 spiro atoms. The topological polar surface area (TPSA) is 83.8 Å². The second kappa shape index (κ2) is 13.0. The monoisotopic (exact) mass is 445 g/mol. The van der Waals surface area contributed by atoms with Gasteiger partial charge in [0.2, 0.25) is 0 Å². The van der Waals surface area contributed by atoms with E-state index in [-0.39, 0.29) is 11.7 Å². The number of hydrogen-bond acceptors (Lipinski definition) is 5. The molecular weight excluding hydrogens is 414 g/mol. The van der Waals surface area contributed by atoms with Crippen LogP contribution in [-0.2, 0) is 0 Å². The molecule has 3 aromatic rings. The van der Waals surface area contributed by atoms with Crippen LogP contribution in [0.15, 0.2) is 78.2 Å². The van der Waals surface area contributed by atoms with Gasteiger partial charge in [0, 0.05) is 35.2 Å². The zero-order chi connectivity index (χ0) is 23.3. The summed E-state index contributed by atoms with van der Waals surface area (Å²) in [5, 5.41) is 15.1. The summed E-state index contributed by atoms with van der Waals surface area (Å²) in [6.07, 6.45) is 10.2. The van der Waals surface area contributed by atoms with Crippen LogP contribution in [0.3, 0.4) is 0 Å². The quantitative estimate of drug-likeness (QED) is 0.212. The van der Waals surface area contributed by atoms with Crippen LogP contribution < -0.4 is 10.2 Å². The van der Waals surface area contributed by atoms with Gasteiger partial charge in [0.15, 0.2) is 0 Å². The average molecular weight is 446 g/mol. The van der Waals surface area contributed by atoms with Crippen LogP contribution in [0.25, 0.3) is 0 Å². The van der Waals surface area contributed by atoms with Crippen LogP contribution in [0.2, 0.25) is 0 Å². The molecule has 0 bridgehead atoms. The van der Waals surface area contributed by atoms with Crippen LogP contribution in [-0.4, -0.2) is 28.3 Å². The molecule has 0 aliphatic heterocycles. The van der Waals surface area contributed by atoms with Gasteiger partial charge in [-0.3, -0.25) is 9.78 Å². The Morgan fingerprint density at radius 3 is 2.39 bits per heavy atom. The Balaban J connectivity index is 1.71. The van der Waals surface area contributed by atoms with E-state index in [0.29, 0.717) is 29.2 Å². The van der Waals surface area contributed by atoms with Crippen molar-refractivity contribution in [2.75, 3.05) is 6.61 Å². The molecule has 0 saturated heterocycles. The van der Waals surface area contributed by atoms with Crippen LogP contribution in [0, 0.1) is 0 Å². The molecular formula is C27H31N3O3. The highest BCUT2D eigenvalue weighted by molar-refractivity contribution is 6.15. The lowest BCUT2D eigenvalue weighted by Gasteiger charge is -2.12. The molecule has 1 heterocycles. The number of carbonyl (C=O) groups excluding carboxylic acids is 1. The van der Waals surface area contributed by atoms with E-state index in [1.807, 2.05) is 36.4 Å². The molecule has 0 aliphatic rings. The molecule has 33 heavy (non-hydrogen) atoms. The van der Waals surface area contributed by atoms with Crippen molar-refractivity contribution in [3.63, 3.8) is 0 Å².